The second-order valence-corrected chi connectivity index (χ2v) is 7.18. The van der Waals surface area contributed by atoms with Gasteiger partial charge in [0.25, 0.3) is 0 Å². The molecule has 1 aliphatic rings. The van der Waals surface area contributed by atoms with Gasteiger partial charge < -0.3 is 0 Å². The minimum atomic E-state index is 0.340. The molecular weight excluding hydrogens is 307 g/mol. The van der Waals surface area contributed by atoms with Gasteiger partial charge in [0.1, 0.15) is 0 Å². The van der Waals surface area contributed by atoms with Gasteiger partial charge in [0, 0.05) is 3.42 Å². The van der Waals surface area contributed by atoms with Crippen LogP contribution in [0.5, 0.6) is 0 Å². The summed E-state index contributed by atoms with van der Waals surface area (Å²) in [6, 6.07) is 0. The number of allylic oxidation sites excluding steroid dienone is 6. The molecule has 0 bridgehead atoms. The van der Waals surface area contributed by atoms with E-state index in [0.717, 1.165) is 5.92 Å². The highest BCUT2D eigenvalue weighted by atomic mass is 127. The fraction of sp³-hybridized carbons (Fsp3) is 0.600. The molecule has 0 saturated heterocycles. The maximum Gasteiger partial charge on any atom is 0.0464 e. The van der Waals surface area contributed by atoms with Crippen LogP contribution in [0.2, 0.25) is 0 Å². The van der Waals surface area contributed by atoms with Gasteiger partial charge in [-0.2, -0.15) is 0 Å². The first-order valence-electron chi connectivity index (χ1n) is 6.12. The molecule has 1 heteroatoms. The van der Waals surface area contributed by atoms with E-state index in [-0.39, 0.29) is 0 Å². The van der Waals surface area contributed by atoms with Gasteiger partial charge >= 0.3 is 0 Å². The standard InChI is InChI=1S/C15H23I/c1-12(2)6-5-7-14(4)15(16)10-8-13(3)9-11-15/h6,8-10,14H,5,7,11H2,1-4H3/t14-,15-/m0/s1. The normalized spacial score (nSPS) is 26.2. The first-order chi connectivity index (χ1) is 7.44. The molecule has 1 aliphatic carbocycles. The number of alkyl halides is 1. The number of hydrogen-bond donors (Lipinski definition) is 0. The summed E-state index contributed by atoms with van der Waals surface area (Å²) in [5, 5.41) is 0. The van der Waals surface area contributed by atoms with Crippen LogP contribution in [-0.2, 0) is 0 Å². The summed E-state index contributed by atoms with van der Waals surface area (Å²) in [5.41, 5.74) is 2.84. The van der Waals surface area contributed by atoms with Crippen LogP contribution in [0.25, 0.3) is 0 Å². The highest BCUT2D eigenvalue weighted by Gasteiger charge is 2.30. The van der Waals surface area contributed by atoms with Crippen molar-refractivity contribution in [1.82, 2.24) is 0 Å². The van der Waals surface area contributed by atoms with Crippen LogP contribution in [0.3, 0.4) is 0 Å². The van der Waals surface area contributed by atoms with Crippen LogP contribution in [0.15, 0.2) is 35.5 Å². The van der Waals surface area contributed by atoms with E-state index in [1.165, 1.54) is 30.4 Å². The average molecular weight is 330 g/mol. The van der Waals surface area contributed by atoms with Crippen molar-refractivity contribution in [1.29, 1.82) is 0 Å². The van der Waals surface area contributed by atoms with Crippen molar-refractivity contribution in [3.8, 4) is 0 Å². The highest BCUT2D eigenvalue weighted by molar-refractivity contribution is 14.1. The van der Waals surface area contributed by atoms with E-state index in [1.807, 2.05) is 0 Å². The Labute approximate surface area is 114 Å². The zero-order valence-electron chi connectivity index (χ0n) is 10.9. The molecule has 0 aromatic heterocycles. The Morgan fingerprint density at radius 3 is 2.75 bits per heavy atom. The molecule has 0 radical (unpaired) electrons. The van der Waals surface area contributed by atoms with Crippen molar-refractivity contribution in [2.45, 2.75) is 50.4 Å². The fourth-order valence-corrected chi connectivity index (χ4v) is 2.66. The summed E-state index contributed by atoms with van der Waals surface area (Å²) < 4.78 is 0.340. The second-order valence-electron chi connectivity index (χ2n) is 5.17. The zero-order chi connectivity index (χ0) is 12.2. The Morgan fingerprint density at radius 1 is 1.56 bits per heavy atom. The maximum atomic E-state index is 2.63. The molecular formula is C15H23I. The predicted octanol–water partition coefficient (Wildman–Crippen LogP) is 5.45. The molecule has 0 aromatic rings. The summed E-state index contributed by atoms with van der Waals surface area (Å²) in [5.74, 6) is 0.740. The number of halogens is 1. The molecule has 0 amide bonds. The lowest BCUT2D eigenvalue weighted by atomic mass is 9.84. The summed E-state index contributed by atoms with van der Waals surface area (Å²) in [7, 11) is 0. The molecule has 0 saturated carbocycles. The Balaban J connectivity index is 2.51. The van der Waals surface area contributed by atoms with Crippen LogP contribution in [-0.4, -0.2) is 3.42 Å². The van der Waals surface area contributed by atoms with Crippen molar-refractivity contribution in [2.75, 3.05) is 0 Å². The van der Waals surface area contributed by atoms with E-state index in [1.54, 1.807) is 0 Å². The van der Waals surface area contributed by atoms with Crippen molar-refractivity contribution in [3.05, 3.63) is 35.5 Å². The van der Waals surface area contributed by atoms with Crippen molar-refractivity contribution in [2.24, 2.45) is 5.92 Å². The Kier molecular flexibility index (Phi) is 5.29. The van der Waals surface area contributed by atoms with Gasteiger partial charge in [0.05, 0.1) is 0 Å². The van der Waals surface area contributed by atoms with Crippen LogP contribution < -0.4 is 0 Å². The van der Waals surface area contributed by atoms with Gasteiger partial charge in [-0.25, -0.2) is 0 Å². The summed E-state index contributed by atoms with van der Waals surface area (Å²) in [6.07, 6.45) is 13.1. The van der Waals surface area contributed by atoms with Crippen molar-refractivity contribution < 1.29 is 0 Å². The minimum Gasteiger partial charge on any atom is -0.0859 e. The van der Waals surface area contributed by atoms with Crippen molar-refractivity contribution >= 4 is 22.6 Å². The molecule has 0 nitrogen and oxygen atoms in total. The zero-order valence-corrected chi connectivity index (χ0v) is 13.0. The SMILES string of the molecule is CC(C)=CCC[C@H](C)[C@]1(I)C=CC(C)=CC1. The van der Waals surface area contributed by atoms with E-state index in [2.05, 4.69) is 74.6 Å². The molecule has 0 spiro atoms. The minimum absolute atomic E-state index is 0.340. The molecule has 16 heavy (non-hydrogen) atoms. The molecule has 0 N–H and O–H groups in total. The largest absolute Gasteiger partial charge is 0.0859 e. The Hall–Kier alpha value is -0.0500. The molecule has 0 heterocycles. The van der Waals surface area contributed by atoms with Crippen LogP contribution in [0.4, 0.5) is 0 Å². The van der Waals surface area contributed by atoms with E-state index in [0.29, 0.717) is 3.42 Å². The molecule has 2 atom stereocenters. The molecule has 0 aromatic carbocycles. The predicted molar refractivity (Wildman–Crippen MR) is 82.1 cm³/mol. The van der Waals surface area contributed by atoms with E-state index < -0.39 is 0 Å². The van der Waals surface area contributed by atoms with Gasteiger partial charge in [-0.15, -0.1) is 0 Å². The smallest absolute Gasteiger partial charge is 0.0464 e. The molecule has 0 unspecified atom stereocenters. The number of rotatable bonds is 4. The summed E-state index contributed by atoms with van der Waals surface area (Å²) >= 11 is 2.63. The Bertz CT molecular complexity index is 318. The molecule has 1 rings (SSSR count). The quantitative estimate of drug-likeness (QED) is 0.365. The van der Waals surface area contributed by atoms with Gasteiger partial charge in [-0.1, -0.05) is 65.0 Å². The van der Waals surface area contributed by atoms with Crippen molar-refractivity contribution in [3.63, 3.8) is 0 Å². The third-order valence-electron chi connectivity index (χ3n) is 3.33. The topological polar surface area (TPSA) is 0 Å². The summed E-state index contributed by atoms with van der Waals surface area (Å²) in [6.45, 7) is 8.92. The van der Waals surface area contributed by atoms with Crippen LogP contribution in [0, 0.1) is 5.92 Å². The van der Waals surface area contributed by atoms with Gasteiger partial charge in [0.15, 0.2) is 0 Å². The van der Waals surface area contributed by atoms with E-state index in [9.17, 15) is 0 Å². The van der Waals surface area contributed by atoms with Gasteiger partial charge in [0.2, 0.25) is 0 Å². The fourth-order valence-electron chi connectivity index (χ4n) is 1.95. The highest BCUT2D eigenvalue weighted by Crippen LogP contribution is 2.39. The Morgan fingerprint density at radius 2 is 2.25 bits per heavy atom. The first kappa shape index (κ1) is 14.0. The third-order valence-corrected chi connectivity index (χ3v) is 5.19. The third kappa shape index (κ3) is 4.08. The summed E-state index contributed by atoms with van der Waals surface area (Å²) in [4.78, 5) is 0. The van der Waals surface area contributed by atoms with Gasteiger partial charge in [-0.05, 0) is 46.0 Å². The molecule has 90 valence electrons. The molecule has 0 aliphatic heterocycles. The lowest BCUT2D eigenvalue weighted by Crippen LogP contribution is -2.27. The van der Waals surface area contributed by atoms with E-state index in [4.69, 9.17) is 0 Å². The average Bonchev–Trinajstić information content (AvgIpc) is 2.22. The number of hydrogen-bond acceptors (Lipinski definition) is 0. The van der Waals surface area contributed by atoms with E-state index >= 15 is 0 Å². The monoisotopic (exact) mass is 330 g/mol. The van der Waals surface area contributed by atoms with Crippen LogP contribution in [0.1, 0.15) is 47.0 Å². The van der Waals surface area contributed by atoms with Gasteiger partial charge in [-0.3, -0.25) is 0 Å². The first-order valence-corrected chi connectivity index (χ1v) is 7.20. The van der Waals surface area contributed by atoms with Crippen LogP contribution >= 0.6 is 22.6 Å². The lowest BCUT2D eigenvalue weighted by molar-refractivity contribution is 0.458. The lowest BCUT2D eigenvalue weighted by Gasteiger charge is -2.32. The molecule has 0 fully saturated rings. The second kappa shape index (κ2) is 6.04. The maximum absolute atomic E-state index is 2.63.